The van der Waals surface area contributed by atoms with Crippen LogP contribution in [0.3, 0.4) is 0 Å². The molecule has 0 aliphatic heterocycles. The Bertz CT molecular complexity index is 730. The van der Waals surface area contributed by atoms with Gasteiger partial charge in [-0.2, -0.15) is 8.78 Å². The van der Waals surface area contributed by atoms with Crippen molar-refractivity contribution < 1.29 is 36.2 Å². The number of rotatable bonds is 6. The lowest BCUT2D eigenvalue weighted by atomic mass is 10.1. The third-order valence-electron chi connectivity index (χ3n) is 4.56. The van der Waals surface area contributed by atoms with E-state index in [-0.39, 0.29) is 0 Å². The normalized spacial score (nSPS) is 20.7. The van der Waals surface area contributed by atoms with E-state index >= 15 is 0 Å². The average Bonchev–Trinajstić information content (AvgIpc) is 3.09. The highest BCUT2D eigenvalue weighted by molar-refractivity contribution is 9.10. The van der Waals surface area contributed by atoms with E-state index in [1.165, 1.54) is 7.11 Å². The Balaban J connectivity index is 2.18. The summed E-state index contributed by atoms with van der Waals surface area (Å²) in [5.74, 6) is -6.28. The van der Waals surface area contributed by atoms with Gasteiger partial charge in [0.2, 0.25) is 0 Å². The van der Waals surface area contributed by atoms with Gasteiger partial charge in [0.1, 0.15) is 12.4 Å². The highest BCUT2D eigenvalue weighted by atomic mass is 79.9. The number of benzene rings is 1. The lowest BCUT2D eigenvalue weighted by molar-refractivity contribution is -0.147. The largest absolute Gasteiger partial charge is 0.460 e. The van der Waals surface area contributed by atoms with Crippen LogP contribution in [0.15, 0.2) is 16.6 Å². The number of methoxy groups -OCH3 is 1. The number of ether oxygens (including phenoxy) is 2. The molecule has 2 atom stereocenters. The summed E-state index contributed by atoms with van der Waals surface area (Å²) in [6, 6.07) is 0. The summed E-state index contributed by atoms with van der Waals surface area (Å²) in [5, 5.41) is 0. The van der Waals surface area contributed by atoms with Crippen molar-refractivity contribution in [3.63, 3.8) is 0 Å². The highest BCUT2D eigenvalue weighted by Crippen LogP contribution is 2.60. The van der Waals surface area contributed by atoms with Crippen molar-refractivity contribution in [1.29, 1.82) is 0 Å². The molecular formula is C17H16BrF5O3. The average molecular weight is 443 g/mol. The molecule has 0 heterocycles. The quantitative estimate of drug-likeness (QED) is 0.349. The smallest absolute Gasteiger partial charge is 0.310 e. The summed E-state index contributed by atoms with van der Waals surface area (Å²) in [4.78, 5) is 12.1. The fraction of sp³-hybridized carbons (Fsp3) is 0.471. The number of allylic oxidation sites excluding steroid dienone is 1. The van der Waals surface area contributed by atoms with Gasteiger partial charge in [0.25, 0.3) is 6.08 Å². The maximum Gasteiger partial charge on any atom is 0.310 e. The number of esters is 1. The van der Waals surface area contributed by atoms with Crippen molar-refractivity contribution in [2.24, 2.45) is 17.3 Å². The Morgan fingerprint density at radius 3 is 2.23 bits per heavy atom. The van der Waals surface area contributed by atoms with Gasteiger partial charge in [-0.15, -0.1) is 0 Å². The molecule has 0 amide bonds. The second-order valence-electron chi connectivity index (χ2n) is 6.53. The van der Waals surface area contributed by atoms with Crippen LogP contribution in [0.2, 0.25) is 0 Å². The summed E-state index contributed by atoms with van der Waals surface area (Å²) in [5.41, 5.74) is -1.86. The van der Waals surface area contributed by atoms with Crippen molar-refractivity contribution in [3.05, 3.63) is 45.2 Å². The Morgan fingerprint density at radius 1 is 1.12 bits per heavy atom. The van der Waals surface area contributed by atoms with Gasteiger partial charge >= 0.3 is 5.97 Å². The number of hydrogen-bond donors (Lipinski definition) is 0. The Labute approximate surface area is 155 Å². The van der Waals surface area contributed by atoms with E-state index < -0.39 is 75.6 Å². The Morgan fingerprint density at radius 2 is 1.69 bits per heavy atom. The summed E-state index contributed by atoms with van der Waals surface area (Å²) < 4.78 is 76.3. The molecule has 26 heavy (non-hydrogen) atoms. The first-order valence-electron chi connectivity index (χ1n) is 7.56. The van der Waals surface area contributed by atoms with Gasteiger partial charge in [0, 0.05) is 18.6 Å². The molecule has 144 valence electrons. The Hall–Kier alpha value is -1.48. The first kappa shape index (κ1) is 20.8. The van der Waals surface area contributed by atoms with Crippen molar-refractivity contribution in [1.82, 2.24) is 0 Å². The molecule has 1 aromatic carbocycles. The molecule has 0 aromatic heterocycles. The van der Waals surface area contributed by atoms with Crippen LogP contribution >= 0.6 is 15.9 Å². The van der Waals surface area contributed by atoms with Crippen LogP contribution in [-0.4, -0.2) is 13.1 Å². The van der Waals surface area contributed by atoms with E-state index in [0.717, 1.165) is 0 Å². The van der Waals surface area contributed by atoms with Gasteiger partial charge in [0.05, 0.1) is 22.6 Å². The molecule has 1 saturated carbocycles. The molecule has 1 aromatic rings. The number of carbonyl (C=O) groups is 1. The van der Waals surface area contributed by atoms with Crippen LogP contribution in [0, 0.1) is 34.7 Å². The molecule has 2 rings (SSSR count). The standard InChI is InChI=1S/C17H16BrF5O3/c1-17(2)9(4-10(19)20)11(17)16(24)26-6-7-12(18)13(21)8(5-25-3)15(23)14(7)22/h4,9,11H,5-6H2,1-3H3/t9-,11+/m1/s1. The van der Waals surface area contributed by atoms with Crippen LogP contribution in [0.4, 0.5) is 22.0 Å². The van der Waals surface area contributed by atoms with E-state index in [9.17, 15) is 26.7 Å². The molecule has 0 saturated heterocycles. The second kappa shape index (κ2) is 7.64. The van der Waals surface area contributed by atoms with Crippen LogP contribution in [0.5, 0.6) is 0 Å². The number of hydrogen-bond acceptors (Lipinski definition) is 3. The molecular weight excluding hydrogens is 427 g/mol. The predicted octanol–water partition coefficient (Wildman–Crippen LogP) is 5.11. The van der Waals surface area contributed by atoms with E-state index in [2.05, 4.69) is 20.7 Å². The maximum atomic E-state index is 14.2. The lowest BCUT2D eigenvalue weighted by Gasteiger charge is -2.13. The molecule has 0 spiro atoms. The fourth-order valence-corrected chi connectivity index (χ4v) is 3.46. The summed E-state index contributed by atoms with van der Waals surface area (Å²) in [6.45, 7) is 2.00. The van der Waals surface area contributed by atoms with Gasteiger partial charge < -0.3 is 9.47 Å². The van der Waals surface area contributed by atoms with E-state index in [0.29, 0.717) is 6.08 Å². The van der Waals surface area contributed by atoms with Crippen molar-refractivity contribution in [2.45, 2.75) is 27.1 Å². The fourth-order valence-electron chi connectivity index (χ4n) is 2.93. The van der Waals surface area contributed by atoms with Gasteiger partial charge in [0.15, 0.2) is 11.6 Å². The zero-order valence-corrected chi connectivity index (χ0v) is 15.7. The third kappa shape index (κ3) is 3.78. The van der Waals surface area contributed by atoms with Gasteiger partial charge in [-0.25, -0.2) is 13.2 Å². The minimum absolute atomic E-state index is 0.391. The first-order chi connectivity index (χ1) is 12.0. The molecule has 0 unspecified atom stereocenters. The van der Waals surface area contributed by atoms with Crippen molar-refractivity contribution in [3.8, 4) is 0 Å². The lowest BCUT2D eigenvalue weighted by Crippen LogP contribution is -2.13. The molecule has 9 heteroatoms. The highest BCUT2D eigenvalue weighted by Gasteiger charge is 2.62. The minimum atomic E-state index is -1.91. The van der Waals surface area contributed by atoms with Crippen LogP contribution < -0.4 is 0 Å². The zero-order chi connectivity index (χ0) is 19.8. The molecule has 3 nitrogen and oxygen atoms in total. The summed E-state index contributed by atoms with van der Waals surface area (Å²) >= 11 is 2.82. The molecule has 0 radical (unpaired) electrons. The van der Waals surface area contributed by atoms with E-state index in [4.69, 9.17) is 4.74 Å². The molecule has 0 N–H and O–H groups in total. The van der Waals surface area contributed by atoms with Gasteiger partial charge in [-0.3, -0.25) is 4.79 Å². The van der Waals surface area contributed by atoms with Crippen molar-refractivity contribution in [2.75, 3.05) is 7.11 Å². The third-order valence-corrected chi connectivity index (χ3v) is 5.39. The van der Waals surface area contributed by atoms with E-state index in [1.54, 1.807) is 13.8 Å². The molecule has 1 aliphatic rings. The number of carbonyl (C=O) groups excluding carboxylic acids is 1. The maximum absolute atomic E-state index is 14.2. The topological polar surface area (TPSA) is 35.5 Å². The minimum Gasteiger partial charge on any atom is -0.460 e. The monoisotopic (exact) mass is 442 g/mol. The van der Waals surface area contributed by atoms with Crippen molar-refractivity contribution >= 4 is 21.9 Å². The molecule has 1 fully saturated rings. The zero-order valence-electron chi connectivity index (χ0n) is 14.1. The summed E-state index contributed by atoms with van der Waals surface area (Å²) in [7, 11) is 1.20. The van der Waals surface area contributed by atoms with Gasteiger partial charge in [-0.1, -0.05) is 13.8 Å². The van der Waals surface area contributed by atoms with E-state index in [1.807, 2.05) is 0 Å². The predicted molar refractivity (Wildman–Crippen MR) is 85.6 cm³/mol. The number of halogens is 6. The van der Waals surface area contributed by atoms with Crippen LogP contribution in [0.25, 0.3) is 0 Å². The van der Waals surface area contributed by atoms with Crippen LogP contribution in [-0.2, 0) is 27.5 Å². The second-order valence-corrected chi connectivity index (χ2v) is 7.33. The summed E-state index contributed by atoms with van der Waals surface area (Å²) in [6.07, 6.45) is -1.24. The SMILES string of the molecule is COCc1c(F)c(F)c(COC(=O)[C@@H]2[C@@H](C=C(F)F)C2(C)C)c(Br)c1F. The van der Waals surface area contributed by atoms with Crippen LogP contribution in [0.1, 0.15) is 25.0 Å². The molecule has 0 bridgehead atoms. The molecule has 1 aliphatic carbocycles. The Kier molecular flexibility index (Phi) is 6.12. The first-order valence-corrected chi connectivity index (χ1v) is 8.35. The van der Waals surface area contributed by atoms with Gasteiger partial charge in [-0.05, 0) is 27.4 Å².